The number of hydrogen-bond donors (Lipinski definition) is 0. The maximum absolute atomic E-state index is 13.4. The predicted octanol–water partition coefficient (Wildman–Crippen LogP) is 1.38. The van der Waals surface area contributed by atoms with Crippen molar-refractivity contribution in [1.29, 1.82) is 0 Å². The monoisotopic (exact) mass is 655 g/mol. The molecule has 2 heterocycles. The second kappa shape index (κ2) is 14.2. The van der Waals surface area contributed by atoms with E-state index in [9.17, 15) is 31.2 Å². The van der Waals surface area contributed by atoms with Crippen LogP contribution in [0.5, 0.6) is 0 Å². The highest BCUT2D eigenvalue weighted by Crippen LogP contribution is 2.20. The molecule has 0 spiro atoms. The van der Waals surface area contributed by atoms with Crippen LogP contribution in [-0.2, 0) is 51.6 Å². The quantitative estimate of drug-likeness (QED) is 0.367. The first-order chi connectivity index (χ1) is 19.7. The average molecular weight is 656 g/mol. The van der Waals surface area contributed by atoms with E-state index < -0.39 is 25.6 Å². The molecule has 0 saturated carbocycles. The van der Waals surface area contributed by atoms with E-state index >= 15 is 0 Å². The van der Waals surface area contributed by atoms with Crippen LogP contribution in [0.3, 0.4) is 0 Å². The molecule has 0 N–H and O–H groups in total. The molecular weight excluding hydrogens is 618 g/mol. The highest BCUT2D eigenvalue weighted by Gasteiger charge is 2.35. The molecule has 11 nitrogen and oxygen atoms in total. The van der Waals surface area contributed by atoms with Crippen LogP contribution in [-0.4, -0.2) is 113 Å². The van der Waals surface area contributed by atoms with Gasteiger partial charge in [0.25, 0.3) is 0 Å². The number of sulfone groups is 2. The molecule has 43 heavy (non-hydrogen) atoms. The fourth-order valence-electron chi connectivity index (χ4n) is 5.36. The van der Waals surface area contributed by atoms with Gasteiger partial charge in [0.15, 0.2) is 19.7 Å². The number of carbonyl (C=O) groups is 3. The molecule has 14 heteroatoms. The van der Waals surface area contributed by atoms with E-state index in [0.717, 1.165) is 12.5 Å². The molecule has 2 aromatic carbocycles. The number of nitrogens with zero attached hydrogens (tertiary/aromatic N) is 3. The van der Waals surface area contributed by atoms with Crippen molar-refractivity contribution in [3.8, 4) is 0 Å². The van der Waals surface area contributed by atoms with Gasteiger partial charge in [-0.2, -0.15) is 0 Å². The van der Waals surface area contributed by atoms with Crippen LogP contribution in [0.25, 0.3) is 0 Å². The molecule has 0 radical (unpaired) electrons. The second-order valence-electron chi connectivity index (χ2n) is 11.1. The molecule has 236 valence electrons. The van der Waals surface area contributed by atoms with Crippen molar-refractivity contribution in [2.24, 2.45) is 0 Å². The molecule has 2 aromatic rings. The minimum Gasteiger partial charge on any atom is -0.461 e. The van der Waals surface area contributed by atoms with Gasteiger partial charge in [-0.25, -0.2) is 16.8 Å². The van der Waals surface area contributed by atoms with Gasteiger partial charge in [-0.1, -0.05) is 24.3 Å². The van der Waals surface area contributed by atoms with Gasteiger partial charge in [0.2, 0.25) is 11.8 Å². The van der Waals surface area contributed by atoms with Crippen LogP contribution in [0.15, 0.2) is 58.3 Å². The van der Waals surface area contributed by atoms with E-state index in [1.807, 2.05) is 0 Å². The zero-order valence-corrected chi connectivity index (χ0v) is 26.9. The van der Waals surface area contributed by atoms with Gasteiger partial charge in [0, 0.05) is 58.7 Å². The van der Waals surface area contributed by atoms with Crippen molar-refractivity contribution < 1.29 is 36.0 Å². The first-order valence-electron chi connectivity index (χ1n) is 13.7. The Morgan fingerprint density at radius 2 is 1.33 bits per heavy atom. The number of benzene rings is 2. The van der Waals surface area contributed by atoms with Crippen molar-refractivity contribution in [2.75, 3.05) is 51.8 Å². The van der Waals surface area contributed by atoms with Gasteiger partial charge < -0.3 is 14.5 Å². The van der Waals surface area contributed by atoms with E-state index in [1.165, 1.54) is 31.2 Å². The summed E-state index contributed by atoms with van der Waals surface area (Å²) in [7, 11) is -6.64. The van der Waals surface area contributed by atoms with Crippen molar-refractivity contribution >= 4 is 49.9 Å². The summed E-state index contributed by atoms with van der Waals surface area (Å²) in [5.41, 5.74) is 1.37. The summed E-state index contributed by atoms with van der Waals surface area (Å²) in [6.45, 7) is 4.45. The molecule has 0 aromatic heterocycles. The van der Waals surface area contributed by atoms with Crippen LogP contribution in [0.4, 0.5) is 0 Å². The van der Waals surface area contributed by atoms with Gasteiger partial charge in [0.1, 0.15) is 6.10 Å². The van der Waals surface area contributed by atoms with E-state index in [-0.39, 0.29) is 59.0 Å². The lowest BCUT2D eigenvalue weighted by molar-refractivity contribution is -0.147. The third kappa shape index (κ3) is 9.49. The summed E-state index contributed by atoms with van der Waals surface area (Å²) in [4.78, 5) is 44.1. The summed E-state index contributed by atoms with van der Waals surface area (Å²) in [5.74, 6) is -0.547. The summed E-state index contributed by atoms with van der Waals surface area (Å²) in [6.07, 6.45) is 2.75. The zero-order valence-electron chi connectivity index (χ0n) is 24.5. The maximum atomic E-state index is 13.4. The lowest BCUT2D eigenvalue weighted by Crippen LogP contribution is -2.59. The fourth-order valence-corrected chi connectivity index (χ4v) is 6.62. The smallest absolute Gasteiger partial charge is 0.310 e. The van der Waals surface area contributed by atoms with Gasteiger partial charge in [0.05, 0.1) is 28.7 Å². The highest BCUT2D eigenvalue weighted by molar-refractivity contribution is 7.91. The summed E-state index contributed by atoms with van der Waals surface area (Å²) >= 11 is 0. The van der Waals surface area contributed by atoms with Crippen molar-refractivity contribution in [3.63, 3.8) is 0 Å². The van der Waals surface area contributed by atoms with E-state index in [1.54, 1.807) is 34.1 Å². The minimum absolute atomic E-state index is 0. The lowest BCUT2D eigenvalue weighted by atomic mass is 10.1. The van der Waals surface area contributed by atoms with E-state index in [0.29, 0.717) is 56.8 Å². The SMILES string of the molecule is CC(=O)N1CCN(C(=O)Cc2ccc(S(C)(=O)=O)cc2)C(CN2CCC(OC(=O)Cc3ccc(S(C)(=O)=O)cc3)C2)C1.Cl. The fraction of sp³-hybridized carbons (Fsp3) is 0.483. The van der Waals surface area contributed by atoms with Gasteiger partial charge >= 0.3 is 5.97 Å². The van der Waals surface area contributed by atoms with Gasteiger partial charge in [-0.3, -0.25) is 19.3 Å². The molecule has 2 amide bonds. The Kier molecular flexibility index (Phi) is 11.4. The molecule has 2 atom stereocenters. The molecule has 0 aliphatic carbocycles. The molecule has 2 saturated heterocycles. The van der Waals surface area contributed by atoms with Gasteiger partial charge in [-0.05, 0) is 41.8 Å². The molecule has 0 bridgehead atoms. The molecule has 4 rings (SSSR count). The number of carbonyl (C=O) groups excluding carboxylic acids is 3. The Bertz CT molecular complexity index is 1530. The van der Waals surface area contributed by atoms with Crippen LogP contribution in [0.1, 0.15) is 24.5 Å². The van der Waals surface area contributed by atoms with Crippen LogP contribution in [0, 0.1) is 0 Å². The normalized spacial score (nSPS) is 19.5. The molecular formula is C29H38ClN3O8S2. The van der Waals surface area contributed by atoms with Crippen molar-refractivity contribution in [1.82, 2.24) is 14.7 Å². The zero-order chi connectivity index (χ0) is 30.7. The highest BCUT2D eigenvalue weighted by atomic mass is 35.5. The maximum Gasteiger partial charge on any atom is 0.310 e. The van der Waals surface area contributed by atoms with Crippen LogP contribution in [0.2, 0.25) is 0 Å². The minimum atomic E-state index is -3.33. The topological polar surface area (TPSA) is 138 Å². The first-order valence-corrected chi connectivity index (χ1v) is 17.5. The van der Waals surface area contributed by atoms with E-state index in [4.69, 9.17) is 4.74 Å². The number of hydrogen-bond acceptors (Lipinski definition) is 9. The Balaban J connectivity index is 0.00000506. The standard InChI is InChI=1S/C29H37N3O8S2.ClH/c1-21(33)31-14-15-32(28(34)16-22-4-8-26(9-5-22)41(2,36)37)24(19-31)18-30-13-12-25(20-30)40-29(35)17-23-6-10-27(11-7-23)42(3,38)39;/h4-11,24-25H,12-20H2,1-3H3;1H. The summed E-state index contributed by atoms with van der Waals surface area (Å²) in [6, 6.07) is 12.2. The van der Waals surface area contributed by atoms with Crippen molar-refractivity contribution in [2.45, 2.75) is 48.1 Å². The Morgan fingerprint density at radius 3 is 1.84 bits per heavy atom. The number of piperazine rings is 1. The molecule has 2 aliphatic heterocycles. The number of rotatable bonds is 9. The summed E-state index contributed by atoms with van der Waals surface area (Å²) < 4.78 is 52.5. The number of amides is 2. The number of esters is 1. The van der Waals surface area contributed by atoms with E-state index in [2.05, 4.69) is 4.90 Å². The number of likely N-dealkylation sites (tertiary alicyclic amines) is 1. The largest absolute Gasteiger partial charge is 0.461 e. The molecule has 2 fully saturated rings. The number of halogens is 1. The molecule has 2 unspecified atom stereocenters. The second-order valence-corrected chi connectivity index (χ2v) is 15.1. The molecule has 2 aliphatic rings. The van der Waals surface area contributed by atoms with Crippen LogP contribution >= 0.6 is 12.4 Å². The third-order valence-corrected chi connectivity index (χ3v) is 9.91. The lowest BCUT2D eigenvalue weighted by Gasteiger charge is -2.42. The third-order valence-electron chi connectivity index (χ3n) is 7.65. The van der Waals surface area contributed by atoms with Crippen LogP contribution < -0.4 is 0 Å². The Hall–Kier alpha value is -3.00. The predicted molar refractivity (Wildman–Crippen MR) is 162 cm³/mol. The Labute approximate surface area is 259 Å². The van der Waals surface area contributed by atoms with Gasteiger partial charge in [-0.15, -0.1) is 12.4 Å². The van der Waals surface area contributed by atoms with Crippen molar-refractivity contribution in [3.05, 3.63) is 59.7 Å². The number of ether oxygens (including phenoxy) is 1. The first kappa shape index (κ1) is 34.5. The Morgan fingerprint density at radius 1 is 0.791 bits per heavy atom. The average Bonchev–Trinajstić information content (AvgIpc) is 3.34. The summed E-state index contributed by atoms with van der Waals surface area (Å²) in [5, 5.41) is 0.